The van der Waals surface area contributed by atoms with Crippen molar-refractivity contribution in [3.05, 3.63) is 12.3 Å². The zero-order chi connectivity index (χ0) is 13.9. The lowest BCUT2D eigenvalue weighted by molar-refractivity contribution is -0.195. The number of esters is 1. The number of hydrogen-bond acceptors (Lipinski definition) is 6. The first-order valence-electron chi connectivity index (χ1n) is 5.90. The van der Waals surface area contributed by atoms with Crippen LogP contribution in [0.4, 0.5) is 0 Å². The summed E-state index contributed by atoms with van der Waals surface area (Å²) in [6.45, 7) is 8.43. The molecular weight excluding hydrogens is 238 g/mol. The summed E-state index contributed by atoms with van der Waals surface area (Å²) in [4.78, 5) is 10.7. The quantitative estimate of drug-likeness (QED) is 0.593. The Bertz CT molecular complexity index is 318. The molecule has 1 aliphatic heterocycles. The molecule has 3 N–H and O–H groups in total. The molecule has 0 bridgehead atoms. The molecule has 0 radical (unpaired) electrons. The van der Waals surface area contributed by atoms with Crippen molar-refractivity contribution < 1.29 is 24.5 Å². The number of allylic oxidation sites excluding steroid dienone is 1. The van der Waals surface area contributed by atoms with Crippen LogP contribution in [0, 0.1) is 0 Å². The van der Waals surface area contributed by atoms with Crippen LogP contribution in [-0.4, -0.2) is 53.2 Å². The van der Waals surface area contributed by atoms with Crippen molar-refractivity contribution in [2.75, 3.05) is 6.61 Å². The summed E-state index contributed by atoms with van der Waals surface area (Å²) in [5, 5.41) is 22.9. The second kappa shape index (κ2) is 6.17. The van der Waals surface area contributed by atoms with Gasteiger partial charge in [0.2, 0.25) is 0 Å². The summed E-state index contributed by atoms with van der Waals surface area (Å²) < 4.78 is 10.3. The van der Waals surface area contributed by atoms with Gasteiger partial charge in [0.1, 0.15) is 24.9 Å². The predicted octanol–water partition coefficient (Wildman–Crippen LogP) is -0.450. The Balaban J connectivity index is 2.64. The van der Waals surface area contributed by atoms with E-state index in [2.05, 4.69) is 11.9 Å². The minimum Gasteiger partial charge on any atom is -0.463 e. The number of hydrogen-bond donors (Lipinski definition) is 3. The second-order valence-corrected chi connectivity index (χ2v) is 4.61. The molecule has 18 heavy (non-hydrogen) atoms. The number of nitrogens with one attached hydrogen (secondary N) is 1. The summed E-state index contributed by atoms with van der Waals surface area (Å²) in [6.07, 6.45) is -3.17. The van der Waals surface area contributed by atoms with Crippen LogP contribution in [0.3, 0.4) is 0 Å². The average molecular weight is 259 g/mol. The minimum absolute atomic E-state index is 0.0717. The van der Waals surface area contributed by atoms with E-state index in [1.54, 1.807) is 13.8 Å². The van der Waals surface area contributed by atoms with E-state index in [1.165, 1.54) is 6.92 Å². The van der Waals surface area contributed by atoms with Gasteiger partial charge >= 0.3 is 5.97 Å². The maximum absolute atomic E-state index is 10.7. The SMILES string of the molecule is C=C(C)N[C@@H]1[C@@H](O)[C@@H](O)[C@@H](COC(C)=O)O[C@H]1C. The Morgan fingerprint density at radius 2 is 2.00 bits per heavy atom. The number of ether oxygens (including phenoxy) is 2. The molecule has 104 valence electrons. The lowest BCUT2D eigenvalue weighted by Gasteiger charge is -2.42. The highest BCUT2D eigenvalue weighted by atomic mass is 16.6. The molecular formula is C12H21NO5. The molecule has 0 aromatic rings. The van der Waals surface area contributed by atoms with Crippen LogP contribution in [0.15, 0.2) is 12.3 Å². The smallest absolute Gasteiger partial charge is 0.302 e. The van der Waals surface area contributed by atoms with Gasteiger partial charge in [-0.25, -0.2) is 0 Å². The second-order valence-electron chi connectivity index (χ2n) is 4.61. The Morgan fingerprint density at radius 3 is 2.50 bits per heavy atom. The number of aliphatic hydroxyl groups is 2. The van der Waals surface area contributed by atoms with Gasteiger partial charge < -0.3 is 25.0 Å². The lowest BCUT2D eigenvalue weighted by atomic mass is 9.93. The van der Waals surface area contributed by atoms with Crippen molar-refractivity contribution >= 4 is 5.97 Å². The van der Waals surface area contributed by atoms with E-state index in [0.29, 0.717) is 5.70 Å². The molecule has 0 saturated carbocycles. The summed E-state index contributed by atoms with van der Waals surface area (Å²) >= 11 is 0. The van der Waals surface area contributed by atoms with Crippen molar-refractivity contribution in [3.63, 3.8) is 0 Å². The van der Waals surface area contributed by atoms with E-state index in [-0.39, 0.29) is 12.7 Å². The number of carbonyl (C=O) groups excluding carboxylic acids is 1. The largest absolute Gasteiger partial charge is 0.463 e. The molecule has 0 spiro atoms. The molecule has 0 aromatic heterocycles. The third-order valence-corrected chi connectivity index (χ3v) is 2.86. The van der Waals surface area contributed by atoms with Crippen molar-refractivity contribution in [3.8, 4) is 0 Å². The minimum atomic E-state index is -1.11. The predicted molar refractivity (Wildman–Crippen MR) is 64.7 cm³/mol. The Labute approximate surface area is 107 Å². The van der Waals surface area contributed by atoms with Gasteiger partial charge in [-0.1, -0.05) is 6.58 Å². The third kappa shape index (κ3) is 3.69. The van der Waals surface area contributed by atoms with Gasteiger partial charge in [-0.3, -0.25) is 4.79 Å². The molecule has 0 amide bonds. The van der Waals surface area contributed by atoms with Crippen LogP contribution < -0.4 is 5.32 Å². The van der Waals surface area contributed by atoms with E-state index in [4.69, 9.17) is 9.47 Å². The summed E-state index contributed by atoms with van der Waals surface area (Å²) in [7, 11) is 0. The Morgan fingerprint density at radius 1 is 1.39 bits per heavy atom. The van der Waals surface area contributed by atoms with Crippen molar-refractivity contribution in [2.24, 2.45) is 0 Å². The summed E-state index contributed by atoms with van der Waals surface area (Å²) in [6, 6.07) is -0.439. The molecule has 5 atom stereocenters. The van der Waals surface area contributed by atoms with E-state index in [1.807, 2.05) is 0 Å². The molecule has 0 unspecified atom stereocenters. The zero-order valence-electron chi connectivity index (χ0n) is 10.9. The molecule has 1 aliphatic rings. The maximum atomic E-state index is 10.7. The fourth-order valence-corrected chi connectivity index (χ4v) is 1.98. The maximum Gasteiger partial charge on any atom is 0.302 e. The topological polar surface area (TPSA) is 88.0 Å². The highest BCUT2D eigenvalue weighted by Crippen LogP contribution is 2.22. The van der Waals surface area contributed by atoms with Crippen molar-refractivity contribution in [1.29, 1.82) is 0 Å². The van der Waals surface area contributed by atoms with Gasteiger partial charge in [0.15, 0.2) is 0 Å². The van der Waals surface area contributed by atoms with E-state index >= 15 is 0 Å². The lowest BCUT2D eigenvalue weighted by Crippen LogP contribution is -2.62. The first-order chi connectivity index (χ1) is 8.32. The van der Waals surface area contributed by atoms with E-state index in [0.717, 1.165) is 0 Å². The fraction of sp³-hybridized carbons (Fsp3) is 0.750. The van der Waals surface area contributed by atoms with Crippen LogP contribution in [0.25, 0.3) is 0 Å². The average Bonchev–Trinajstić information content (AvgIpc) is 2.27. The standard InChI is InChI=1S/C12H21NO5/c1-6(2)13-10-7(3)18-9(5-17-8(4)14)11(15)12(10)16/h7,9-13,15-16H,1,5H2,2-4H3/t7-,9+,10-,11-,12+/m0/s1. The van der Waals surface area contributed by atoms with Gasteiger partial charge in [-0.15, -0.1) is 0 Å². The normalized spacial score (nSPS) is 35.9. The first-order valence-corrected chi connectivity index (χ1v) is 5.90. The van der Waals surface area contributed by atoms with Gasteiger partial charge in [-0.2, -0.15) is 0 Å². The highest BCUT2D eigenvalue weighted by Gasteiger charge is 2.42. The van der Waals surface area contributed by atoms with Crippen molar-refractivity contribution in [1.82, 2.24) is 5.32 Å². The van der Waals surface area contributed by atoms with Gasteiger partial charge in [-0.05, 0) is 13.8 Å². The van der Waals surface area contributed by atoms with Crippen molar-refractivity contribution in [2.45, 2.75) is 51.2 Å². The molecule has 0 aromatic carbocycles. The number of rotatable bonds is 4. The molecule has 1 saturated heterocycles. The molecule has 0 aliphatic carbocycles. The number of carbonyl (C=O) groups is 1. The number of aliphatic hydroxyl groups excluding tert-OH is 2. The van der Waals surface area contributed by atoms with E-state index < -0.39 is 30.3 Å². The zero-order valence-corrected chi connectivity index (χ0v) is 10.9. The summed E-state index contributed by atoms with van der Waals surface area (Å²) in [5.41, 5.74) is 0.681. The summed E-state index contributed by atoms with van der Waals surface area (Å²) in [5.74, 6) is -0.449. The molecule has 1 rings (SSSR count). The molecule has 6 nitrogen and oxygen atoms in total. The Hall–Kier alpha value is -1.11. The first kappa shape index (κ1) is 14.9. The molecule has 6 heteroatoms. The fourth-order valence-electron chi connectivity index (χ4n) is 1.98. The van der Waals surface area contributed by atoms with E-state index in [9.17, 15) is 15.0 Å². The monoisotopic (exact) mass is 259 g/mol. The van der Waals surface area contributed by atoms with Gasteiger partial charge in [0.25, 0.3) is 0 Å². The third-order valence-electron chi connectivity index (χ3n) is 2.86. The Kier molecular flexibility index (Phi) is 5.13. The molecule has 1 heterocycles. The van der Waals surface area contributed by atoms with Crippen LogP contribution >= 0.6 is 0 Å². The van der Waals surface area contributed by atoms with Crippen LogP contribution in [0.2, 0.25) is 0 Å². The van der Waals surface area contributed by atoms with Gasteiger partial charge in [0, 0.05) is 12.6 Å². The van der Waals surface area contributed by atoms with Crippen LogP contribution in [0.1, 0.15) is 20.8 Å². The molecule has 1 fully saturated rings. The van der Waals surface area contributed by atoms with Crippen LogP contribution in [-0.2, 0) is 14.3 Å². The van der Waals surface area contributed by atoms with Gasteiger partial charge in [0.05, 0.1) is 12.1 Å². The highest BCUT2D eigenvalue weighted by molar-refractivity contribution is 5.65. The van der Waals surface area contributed by atoms with Crippen LogP contribution in [0.5, 0.6) is 0 Å².